The van der Waals surface area contributed by atoms with Crippen LogP contribution in [0, 0.1) is 11.8 Å². The monoisotopic (exact) mass is 347 g/mol. The van der Waals surface area contributed by atoms with E-state index in [4.69, 9.17) is 0 Å². The molecule has 0 aliphatic carbocycles. The standard InChI is InChI=1S/C15H25NO8/c1-8(2)6-10(17)13(19)16-12(15(21)24-5)9(14(20)23-4)7-11(18)22-3/h8-10,12,17H,6-7H2,1-5H3,(H,16,19)/t9-,10+,12-/m1/s1. The molecule has 24 heavy (non-hydrogen) atoms. The zero-order valence-corrected chi connectivity index (χ0v) is 14.5. The van der Waals surface area contributed by atoms with Crippen molar-refractivity contribution in [1.82, 2.24) is 5.32 Å². The summed E-state index contributed by atoms with van der Waals surface area (Å²) in [5.74, 6) is -4.76. The SMILES string of the molecule is COC(=O)C[C@@H](C(=O)OC)[C@@H](NC(=O)[C@@H](O)CC(C)C)C(=O)OC. The summed E-state index contributed by atoms with van der Waals surface area (Å²) in [7, 11) is 3.27. The third kappa shape index (κ3) is 6.95. The maximum absolute atomic E-state index is 12.0. The molecule has 0 saturated carbocycles. The molecule has 9 nitrogen and oxygen atoms in total. The molecular weight excluding hydrogens is 322 g/mol. The fourth-order valence-corrected chi connectivity index (χ4v) is 2.01. The number of carbonyl (C=O) groups is 4. The number of hydrogen-bond donors (Lipinski definition) is 2. The van der Waals surface area contributed by atoms with Gasteiger partial charge in [0.15, 0.2) is 0 Å². The van der Waals surface area contributed by atoms with Crippen molar-refractivity contribution >= 4 is 23.8 Å². The lowest BCUT2D eigenvalue weighted by molar-refractivity contribution is -0.160. The Balaban J connectivity index is 5.38. The molecule has 0 aromatic heterocycles. The highest BCUT2D eigenvalue weighted by Gasteiger charge is 2.39. The number of carbonyl (C=O) groups excluding carboxylic acids is 4. The maximum Gasteiger partial charge on any atom is 0.329 e. The van der Waals surface area contributed by atoms with Crippen LogP contribution in [0.25, 0.3) is 0 Å². The van der Waals surface area contributed by atoms with Crippen LogP contribution in [0.15, 0.2) is 0 Å². The number of aliphatic hydroxyl groups excluding tert-OH is 1. The van der Waals surface area contributed by atoms with Gasteiger partial charge in [0.1, 0.15) is 12.1 Å². The Morgan fingerprint density at radius 3 is 1.92 bits per heavy atom. The third-order valence-corrected chi connectivity index (χ3v) is 3.27. The molecule has 0 aliphatic rings. The van der Waals surface area contributed by atoms with Gasteiger partial charge in [-0.1, -0.05) is 13.8 Å². The van der Waals surface area contributed by atoms with Gasteiger partial charge in [-0.15, -0.1) is 0 Å². The van der Waals surface area contributed by atoms with Crippen LogP contribution in [0.1, 0.15) is 26.7 Å². The van der Waals surface area contributed by atoms with Crippen LogP contribution in [0.4, 0.5) is 0 Å². The smallest absolute Gasteiger partial charge is 0.329 e. The highest BCUT2D eigenvalue weighted by atomic mass is 16.5. The van der Waals surface area contributed by atoms with E-state index in [-0.39, 0.29) is 12.3 Å². The van der Waals surface area contributed by atoms with Crippen molar-refractivity contribution in [3.8, 4) is 0 Å². The quantitative estimate of drug-likeness (QED) is 0.418. The molecule has 0 fully saturated rings. The third-order valence-electron chi connectivity index (χ3n) is 3.27. The first-order valence-corrected chi connectivity index (χ1v) is 7.38. The predicted octanol–water partition coefficient (Wildman–Crippen LogP) is -0.596. The molecule has 0 unspecified atom stereocenters. The van der Waals surface area contributed by atoms with Gasteiger partial charge in [0.25, 0.3) is 0 Å². The summed E-state index contributed by atoms with van der Waals surface area (Å²) < 4.78 is 13.6. The minimum atomic E-state index is -1.49. The Morgan fingerprint density at radius 1 is 0.958 bits per heavy atom. The van der Waals surface area contributed by atoms with E-state index in [9.17, 15) is 24.3 Å². The van der Waals surface area contributed by atoms with Crippen LogP contribution in [0.3, 0.4) is 0 Å². The van der Waals surface area contributed by atoms with Gasteiger partial charge in [-0.3, -0.25) is 14.4 Å². The van der Waals surface area contributed by atoms with E-state index in [0.29, 0.717) is 0 Å². The molecule has 0 aliphatic heterocycles. The first-order valence-electron chi connectivity index (χ1n) is 7.38. The van der Waals surface area contributed by atoms with Crippen LogP contribution in [0.5, 0.6) is 0 Å². The average Bonchev–Trinajstić information content (AvgIpc) is 2.55. The van der Waals surface area contributed by atoms with Gasteiger partial charge in [-0.05, 0) is 12.3 Å². The molecule has 0 heterocycles. The van der Waals surface area contributed by atoms with Crippen molar-refractivity contribution in [3.05, 3.63) is 0 Å². The van der Waals surface area contributed by atoms with E-state index in [1.807, 2.05) is 13.8 Å². The summed E-state index contributed by atoms with van der Waals surface area (Å²) in [4.78, 5) is 47.4. The summed E-state index contributed by atoms with van der Waals surface area (Å²) in [5, 5.41) is 12.1. The van der Waals surface area contributed by atoms with Gasteiger partial charge in [-0.25, -0.2) is 4.79 Å². The summed E-state index contributed by atoms with van der Waals surface area (Å²) in [6, 6.07) is -1.49. The van der Waals surface area contributed by atoms with E-state index in [0.717, 1.165) is 21.3 Å². The summed E-state index contributed by atoms with van der Waals surface area (Å²) in [6.07, 6.45) is -1.70. The number of aliphatic hydroxyl groups is 1. The van der Waals surface area contributed by atoms with Gasteiger partial charge < -0.3 is 24.6 Å². The van der Waals surface area contributed by atoms with Crippen LogP contribution in [-0.2, 0) is 33.4 Å². The number of ether oxygens (including phenoxy) is 3. The molecule has 9 heteroatoms. The number of hydrogen-bond acceptors (Lipinski definition) is 8. The molecule has 0 rings (SSSR count). The molecule has 2 N–H and O–H groups in total. The lowest BCUT2D eigenvalue weighted by Gasteiger charge is -2.24. The summed E-state index contributed by atoms with van der Waals surface area (Å²) in [6.45, 7) is 3.62. The lowest BCUT2D eigenvalue weighted by Crippen LogP contribution is -2.52. The molecule has 0 spiro atoms. The molecule has 0 saturated heterocycles. The van der Waals surface area contributed by atoms with Crippen LogP contribution in [0.2, 0.25) is 0 Å². The fourth-order valence-electron chi connectivity index (χ4n) is 2.01. The molecule has 1 amide bonds. The Bertz CT molecular complexity index is 462. The second-order valence-corrected chi connectivity index (χ2v) is 5.56. The van der Waals surface area contributed by atoms with Gasteiger partial charge in [-0.2, -0.15) is 0 Å². The van der Waals surface area contributed by atoms with Crippen LogP contribution >= 0.6 is 0 Å². The van der Waals surface area contributed by atoms with Crippen molar-refractivity contribution in [2.24, 2.45) is 11.8 Å². The van der Waals surface area contributed by atoms with Gasteiger partial charge in [0.2, 0.25) is 5.91 Å². The molecule has 0 bridgehead atoms. The molecule has 138 valence electrons. The van der Waals surface area contributed by atoms with E-state index in [2.05, 4.69) is 19.5 Å². The zero-order chi connectivity index (χ0) is 18.9. The van der Waals surface area contributed by atoms with E-state index < -0.39 is 48.3 Å². The Labute approximate surface area is 140 Å². The van der Waals surface area contributed by atoms with Crippen molar-refractivity contribution in [1.29, 1.82) is 0 Å². The fraction of sp³-hybridized carbons (Fsp3) is 0.733. The minimum absolute atomic E-state index is 0.0359. The van der Waals surface area contributed by atoms with E-state index >= 15 is 0 Å². The number of rotatable bonds is 9. The first kappa shape index (κ1) is 21.8. The Kier molecular flexibility index (Phi) is 9.63. The van der Waals surface area contributed by atoms with E-state index in [1.165, 1.54) is 0 Å². The van der Waals surface area contributed by atoms with E-state index in [1.54, 1.807) is 0 Å². The number of esters is 3. The maximum atomic E-state index is 12.0. The average molecular weight is 347 g/mol. The topological polar surface area (TPSA) is 128 Å². The number of methoxy groups -OCH3 is 3. The second-order valence-electron chi connectivity index (χ2n) is 5.56. The number of amides is 1. The zero-order valence-electron chi connectivity index (χ0n) is 14.5. The summed E-state index contributed by atoms with van der Waals surface area (Å²) >= 11 is 0. The van der Waals surface area contributed by atoms with Gasteiger partial charge in [0.05, 0.1) is 33.7 Å². The first-order chi connectivity index (χ1) is 11.2. The van der Waals surface area contributed by atoms with Crippen molar-refractivity contribution in [3.63, 3.8) is 0 Å². The van der Waals surface area contributed by atoms with Crippen molar-refractivity contribution in [2.75, 3.05) is 21.3 Å². The molecule has 0 radical (unpaired) electrons. The molecule has 3 atom stereocenters. The lowest BCUT2D eigenvalue weighted by atomic mass is 9.95. The highest BCUT2D eigenvalue weighted by molar-refractivity contribution is 5.92. The normalized spacial score (nSPS) is 14.3. The molecule has 0 aromatic rings. The Hall–Kier alpha value is -2.16. The van der Waals surface area contributed by atoms with Crippen molar-refractivity contribution < 1.29 is 38.5 Å². The van der Waals surface area contributed by atoms with Crippen molar-refractivity contribution in [2.45, 2.75) is 38.8 Å². The largest absolute Gasteiger partial charge is 0.469 e. The molecular formula is C15H25NO8. The predicted molar refractivity (Wildman–Crippen MR) is 81.5 cm³/mol. The second kappa shape index (κ2) is 10.6. The van der Waals surface area contributed by atoms with Crippen LogP contribution in [-0.4, -0.2) is 62.4 Å². The van der Waals surface area contributed by atoms with Crippen LogP contribution < -0.4 is 5.32 Å². The Morgan fingerprint density at radius 2 is 1.50 bits per heavy atom. The van der Waals surface area contributed by atoms with Gasteiger partial charge in [0, 0.05) is 0 Å². The van der Waals surface area contributed by atoms with Gasteiger partial charge >= 0.3 is 17.9 Å². The number of nitrogens with one attached hydrogen (secondary N) is 1. The molecule has 0 aromatic carbocycles. The summed E-state index contributed by atoms with van der Waals surface area (Å²) in [5.41, 5.74) is 0. The minimum Gasteiger partial charge on any atom is -0.469 e. The highest BCUT2D eigenvalue weighted by Crippen LogP contribution is 2.15.